The van der Waals surface area contributed by atoms with Crippen molar-refractivity contribution in [3.63, 3.8) is 0 Å². The number of carbonyl (C=O) groups is 1. The molecule has 2 rings (SSSR count). The second-order valence-electron chi connectivity index (χ2n) is 5.22. The van der Waals surface area contributed by atoms with Gasteiger partial charge in [0.05, 0.1) is 13.5 Å². The van der Waals surface area contributed by atoms with Crippen LogP contribution in [0.5, 0.6) is 5.75 Å². The standard InChI is InChI=1S/C17H19ClN2O2/c1-10-7-15(22-4)14(12(3)17(10)18)9-16(21)20-13-5-6-19-11(2)8-13/h5-8H,9H2,1-4H3,(H,19,20,21). The van der Waals surface area contributed by atoms with Gasteiger partial charge in [-0.15, -0.1) is 0 Å². The van der Waals surface area contributed by atoms with Crippen LogP contribution in [0.25, 0.3) is 0 Å². The van der Waals surface area contributed by atoms with Crippen LogP contribution in [-0.2, 0) is 11.2 Å². The highest BCUT2D eigenvalue weighted by Gasteiger charge is 2.16. The van der Waals surface area contributed by atoms with Crippen LogP contribution in [0.15, 0.2) is 24.4 Å². The van der Waals surface area contributed by atoms with Crippen molar-refractivity contribution in [3.8, 4) is 5.75 Å². The minimum atomic E-state index is -0.119. The van der Waals surface area contributed by atoms with E-state index in [1.165, 1.54) is 0 Å². The van der Waals surface area contributed by atoms with Gasteiger partial charge in [0, 0.05) is 28.2 Å². The first kappa shape index (κ1) is 16.3. The van der Waals surface area contributed by atoms with Crippen LogP contribution in [-0.4, -0.2) is 18.0 Å². The van der Waals surface area contributed by atoms with E-state index in [-0.39, 0.29) is 12.3 Å². The van der Waals surface area contributed by atoms with E-state index < -0.39 is 0 Å². The zero-order chi connectivity index (χ0) is 16.3. The lowest BCUT2D eigenvalue weighted by Crippen LogP contribution is -2.16. The van der Waals surface area contributed by atoms with Gasteiger partial charge in [-0.2, -0.15) is 0 Å². The molecule has 0 spiro atoms. The van der Waals surface area contributed by atoms with Crippen LogP contribution in [0.2, 0.25) is 5.02 Å². The van der Waals surface area contributed by atoms with Crippen LogP contribution >= 0.6 is 11.6 Å². The number of pyridine rings is 1. The van der Waals surface area contributed by atoms with E-state index in [1.807, 2.05) is 32.9 Å². The molecule has 2 aromatic rings. The van der Waals surface area contributed by atoms with Gasteiger partial charge < -0.3 is 10.1 Å². The zero-order valence-electron chi connectivity index (χ0n) is 13.2. The fourth-order valence-corrected chi connectivity index (χ4v) is 2.52. The highest BCUT2D eigenvalue weighted by atomic mass is 35.5. The number of anilines is 1. The van der Waals surface area contributed by atoms with Gasteiger partial charge in [0.1, 0.15) is 5.75 Å². The Balaban J connectivity index is 2.23. The van der Waals surface area contributed by atoms with E-state index in [0.717, 1.165) is 28.1 Å². The van der Waals surface area contributed by atoms with E-state index in [4.69, 9.17) is 16.3 Å². The Morgan fingerprint density at radius 2 is 2.05 bits per heavy atom. The zero-order valence-corrected chi connectivity index (χ0v) is 13.9. The van der Waals surface area contributed by atoms with Crippen LogP contribution in [0, 0.1) is 20.8 Å². The number of aromatic nitrogens is 1. The highest BCUT2D eigenvalue weighted by molar-refractivity contribution is 6.32. The van der Waals surface area contributed by atoms with Crippen molar-refractivity contribution >= 4 is 23.2 Å². The number of halogens is 1. The maximum atomic E-state index is 12.3. The smallest absolute Gasteiger partial charge is 0.228 e. The second-order valence-corrected chi connectivity index (χ2v) is 5.60. The molecule has 0 radical (unpaired) electrons. The van der Waals surface area contributed by atoms with Gasteiger partial charge in [-0.25, -0.2) is 0 Å². The molecule has 0 aliphatic heterocycles. The number of rotatable bonds is 4. The third kappa shape index (κ3) is 3.57. The SMILES string of the molecule is COc1cc(C)c(Cl)c(C)c1CC(=O)Nc1ccnc(C)c1. The summed E-state index contributed by atoms with van der Waals surface area (Å²) in [7, 11) is 1.59. The first-order valence-electron chi connectivity index (χ1n) is 6.97. The summed E-state index contributed by atoms with van der Waals surface area (Å²) in [6.45, 7) is 5.70. The summed E-state index contributed by atoms with van der Waals surface area (Å²) in [5.41, 5.74) is 4.20. The number of carbonyl (C=O) groups excluding carboxylic acids is 1. The van der Waals surface area contributed by atoms with Crippen LogP contribution in [0.1, 0.15) is 22.4 Å². The monoisotopic (exact) mass is 318 g/mol. The first-order valence-corrected chi connectivity index (χ1v) is 7.35. The Kier molecular flexibility index (Phi) is 5.03. The number of hydrogen-bond acceptors (Lipinski definition) is 3. The van der Waals surface area contributed by atoms with E-state index in [1.54, 1.807) is 19.4 Å². The van der Waals surface area contributed by atoms with Gasteiger partial charge in [0.25, 0.3) is 0 Å². The predicted octanol–water partition coefficient (Wildman–Crippen LogP) is 3.85. The molecule has 5 heteroatoms. The van der Waals surface area contributed by atoms with Crippen molar-refractivity contribution in [2.75, 3.05) is 12.4 Å². The molecule has 1 amide bonds. The van der Waals surface area contributed by atoms with E-state index >= 15 is 0 Å². The molecule has 1 N–H and O–H groups in total. The summed E-state index contributed by atoms with van der Waals surface area (Å²) in [6, 6.07) is 5.44. The molecule has 0 atom stereocenters. The summed E-state index contributed by atoms with van der Waals surface area (Å²) < 4.78 is 5.38. The molecular weight excluding hydrogens is 300 g/mol. The molecular formula is C17H19ClN2O2. The Morgan fingerprint density at radius 1 is 1.32 bits per heavy atom. The Labute approximate surface area is 135 Å². The number of methoxy groups -OCH3 is 1. The number of amides is 1. The molecule has 1 heterocycles. The van der Waals surface area contributed by atoms with Gasteiger partial charge in [-0.3, -0.25) is 9.78 Å². The summed E-state index contributed by atoms with van der Waals surface area (Å²) in [5, 5.41) is 3.54. The molecule has 4 nitrogen and oxygen atoms in total. The van der Waals surface area contributed by atoms with Crippen LogP contribution in [0.3, 0.4) is 0 Å². The number of hydrogen-bond donors (Lipinski definition) is 1. The maximum absolute atomic E-state index is 12.3. The average Bonchev–Trinajstić information content (AvgIpc) is 2.47. The molecule has 0 aliphatic rings. The van der Waals surface area contributed by atoms with Crippen molar-refractivity contribution in [1.82, 2.24) is 4.98 Å². The fraction of sp³-hybridized carbons (Fsp3) is 0.294. The fourth-order valence-electron chi connectivity index (χ4n) is 2.35. The summed E-state index contributed by atoms with van der Waals surface area (Å²) in [5.74, 6) is 0.562. The molecule has 1 aromatic heterocycles. The van der Waals surface area contributed by atoms with Crippen molar-refractivity contribution in [2.45, 2.75) is 27.2 Å². The van der Waals surface area contributed by atoms with Crippen molar-refractivity contribution in [3.05, 3.63) is 51.8 Å². The third-order valence-electron chi connectivity index (χ3n) is 3.51. The number of benzene rings is 1. The van der Waals surface area contributed by atoms with Crippen molar-refractivity contribution in [1.29, 1.82) is 0 Å². The quantitative estimate of drug-likeness (QED) is 0.931. The first-order chi connectivity index (χ1) is 10.4. The minimum Gasteiger partial charge on any atom is -0.496 e. The summed E-state index contributed by atoms with van der Waals surface area (Å²) in [4.78, 5) is 16.4. The van der Waals surface area contributed by atoms with E-state index in [0.29, 0.717) is 10.8 Å². The van der Waals surface area contributed by atoms with Crippen molar-refractivity contribution < 1.29 is 9.53 Å². The third-order valence-corrected chi connectivity index (χ3v) is 4.09. The van der Waals surface area contributed by atoms with Gasteiger partial charge >= 0.3 is 0 Å². The molecule has 0 aliphatic carbocycles. The van der Waals surface area contributed by atoms with Crippen molar-refractivity contribution in [2.24, 2.45) is 0 Å². The molecule has 0 saturated heterocycles. The Morgan fingerprint density at radius 3 is 2.68 bits per heavy atom. The number of ether oxygens (including phenoxy) is 1. The molecule has 116 valence electrons. The van der Waals surface area contributed by atoms with Crippen LogP contribution in [0.4, 0.5) is 5.69 Å². The van der Waals surface area contributed by atoms with E-state index in [2.05, 4.69) is 10.3 Å². The summed E-state index contributed by atoms with van der Waals surface area (Å²) in [6.07, 6.45) is 1.87. The van der Waals surface area contributed by atoms with Gasteiger partial charge in [-0.05, 0) is 50.1 Å². The Bertz CT molecular complexity index is 714. The lowest BCUT2D eigenvalue weighted by atomic mass is 10.0. The Hall–Kier alpha value is -2.07. The number of nitrogens with zero attached hydrogens (tertiary/aromatic N) is 1. The largest absolute Gasteiger partial charge is 0.496 e. The van der Waals surface area contributed by atoms with Gasteiger partial charge in [0.15, 0.2) is 0 Å². The minimum absolute atomic E-state index is 0.119. The lowest BCUT2D eigenvalue weighted by molar-refractivity contribution is -0.115. The molecule has 22 heavy (non-hydrogen) atoms. The highest BCUT2D eigenvalue weighted by Crippen LogP contribution is 2.32. The predicted molar refractivity (Wildman–Crippen MR) is 88.8 cm³/mol. The second kappa shape index (κ2) is 6.79. The maximum Gasteiger partial charge on any atom is 0.228 e. The molecule has 0 fully saturated rings. The molecule has 1 aromatic carbocycles. The van der Waals surface area contributed by atoms with Gasteiger partial charge in [-0.1, -0.05) is 11.6 Å². The lowest BCUT2D eigenvalue weighted by Gasteiger charge is -2.15. The summed E-state index contributed by atoms with van der Waals surface area (Å²) >= 11 is 6.28. The molecule has 0 unspecified atom stereocenters. The average molecular weight is 319 g/mol. The van der Waals surface area contributed by atoms with Gasteiger partial charge in [0.2, 0.25) is 5.91 Å². The van der Waals surface area contributed by atoms with E-state index in [9.17, 15) is 4.79 Å². The van der Waals surface area contributed by atoms with Crippen LogP contribution < -0.4 is 10.1 Å². The normalized spacial score (nSPS) is 10.4. The topological polar surface area (TPSA) is 51.2 Å². The number of aryl methyl sites for hydroxylation is 2. The molecule has 0 saturated carbocycles. The number of nitrogens with one attached hydrogen (secondary N) is 1. The molecule has 0 bridgehead atoms.